The van der Waals surface area contributed by atoms with Crippen molar-refractivity contribution < 1.29 is 9.59 Å². The molecular formula is C15H10BrN3O3. The Morgan fingerprint density at radius 1 is 1.36 bits per heavy atom. The fraction of sp³-hybridized carbons (Fsp3) is 0.0667. The quantitative estimate of drug-likeness (QED) is 0.811. The summed E-state index contributed by atoms with van der Waals surface area (Å²) in [4.78, 5) is 36.8. The van der Waals surface area contributed by atoms with Gasteiger partial charge >= 0.3 is 0 Å². The van der Waals surface area contributed by atoms with Crippen molar-refractivity contribution in [3.8, 4) is 6.07 Å². The highest BCUT2D eigenvalue weighted by Crippen LogP contribution is 2.12. The Labute approximate surface area is 133 Å². The number of benzene rings is 1. The van der Waals surface area contributed by atoms with Crippen molar-refractivity contribution in [2.24, 2.45) is 0 Å². The molecule has 1 aromatic heterocycles. The maximum atomic E-state index is 12.0. The molecule has 0 spiro atoms. The van der Waals surface area contributed by atoms with Gasteiger partial charge in [-0.1, -0.05) is 12.1 Å². The van der Waals surface area contributed by atoms with Gasteiger partial charge in [0.05, 0.1) is 17.3 Å². The Balaban J connectivity index is 2.12. The van der Waals surface area contributed by atoms with Crippen molar-refractivity contribution >= 4 is 28.1 Å². The average Bonchev–Trinajstić information content (AvgIpc) is 2.54. The molecule has 0 bridgehead atoms. The van der Waals surface area contributed by atoms with Crippen LogP contribution in [0.3, 0.4) is 0 Å². The highest BCUT2D eigenvalue weighted by atomic mass is 79.9. The minimum absolute atomic E-state index is 0.0774. The van der Waals surface area contributed by atoms with Gasteiger partial charge < -0.3 is 10.3 Å². The third kappa shape index (κ3) is 3.48. The van der Waals surface area contributed by atoms with Crippen LogP contribution in [0.1, 0.15) is 32.0 Å². The van der Waals surface area contributed by atoms with Crippen molar-refractivity contribution in [2.75, 3.05) is 0 Å². The second-order valence-electron chi connectivity index (χ2n) is 4.38. The van der Waals surface area contributed by atoms with Gasteiger partial charge in [-0.05, 0) is 39.7 Å². The molecule has 0 atom stereocenters. The number of carbonyl (C=O) groups is 2. The highest BCUT2D eigenvalue weighted by molar-refractivity contribution is 9.10. The van der Waals surface area contributed by atoms with Gasteiger partial charge in [-0.3, -0.25) is 14.4 Å². The molecule has 0 aliphatic heterocycles. The van der Waals surface area contributed by atoms with Crippen molar-refractivity contribution in [3.05, 3.63) is 67.5 Å². The summed E-state index contributed by atoms with van der Waals surface area (Å²) in [5.41, 5.74) is 0.676. The number of H-pyrrole nitrogens is 1. The zero-order valence-corrected chi connectivity index (χ0v) is 12.8. The molecule has 0 saturated carbocycles. The topological polar surface area (TPSA) is 103 Å². The van der Waals surface area contributed by atoms with Crippen molar-refractivity contribution in [1.82, 2.24) is 10.3 Å². The number of aldehydes is 1. The van der Waals surface area contributed by atoms with Crippen LogP contribution in [0, 0.1) is 11.3 Å². The third-order valence-electron chi connectivity index (χ3n) is 2.92. The van der Waals surface area contributed by atoms with E-state index in [1.807, 2.05) is 6.07 Å². The van der Waals surface area contributed by atoms with Gasteiger partial charge in [-0.2, -0.15) is 5.26 Å². The summed E-state index contributed by atoms with van der Waals surface area (Å²) in [7, 11) is 0. The van der Waals surface area contributed by atoms with Crippen molar-refractivity contribution in [3.63, 3.8) is 0 Å². The lowest BCUT2D eigenvalue weighted by Gasteiger charge is -2.06. The van der Waals surface area contributed by atoms with Gasteiger partial charge in [0.15, 0.2) is 6.29 Å². The molecule has 22 heavy (non-hydrogen) atoms. The van der Waals surface area contributed by atoms with Gasteiger partial charge in [-0.15, -0.1) is 0 Å². The molecule has 2 aromatic rings. The highest BCUT2D eigenvalue weighted by Gasteiger charge is 2.13. The molecule has 7 heteroatoms. The van der Waals surface area contributed by atoms with Crippen LogP contribution in [0.2, 0.25) is 0 Å². The average molecular weight is 360 g/mol. The number of halogens is 1. The fourth-order valence-corrected chi connectivity index (χ4v) is 2.17. The first kappa shape index (κ1) is 15.7. The summed E-state index contributed by atoms with van der Waals surface area (Å²) in [6.45, 7) is 0.219. The largest absolute Gasteiger partial charge is 0.348 e. The summed E-state index contributed by atoms with van der Waals surface area (Å²) in [5.74, 6) is -0.552. The monoisotopic (exact) mass is 359 g/mol. The Kier molecular flexibility index (Phi) is 4.86. The number of carbonyl (C=O) groups excluding carboxylic acids is 2. The van der Waals surface area contributed by atoms with E-state index in [4.69, 9.17) is 5.26 Å². The van der Waals surface area contributed by atoms with Crippen LogP contribution >= 0.6 is 15.9 Å². The SMILES string of the molecule is N#Cc1ccc(CNC(=O)c2cc(Br)c(C=O)[nH]c2=O)cc1. The van der Waals surface area contributed by atoms with Gasteiger partial charge in [0.25, 0.3) is 11.5 Å². The minimum Gasteiger partial charge on any atom is -0.348 e. The van der Waals surface area contributed by atoms with E-state index >= 15 is 0 Å². The first-order valence-corrected chi connectivity index (χ1v) is 6.99. The van der Waals surface area contributed by atoms with E-state index in [9.17, 15) is 14.4 Å². The molecule has 6 nitrogen and oxygen atoms in total. The molecule has 2 N–H and O–H groups in total. The molecule has 0 aliphatic rings. The number of hydrogen-bond acceptors (Lipinski definition) is 4. The third-order valence-corrected chi connectivity index (χ3v) is 3.58. The first-order valence-electron chi connectivity index (χ1n) is 6.20. The minimum atomic E-state index is -0.636. The summed E-state index contributed by atoms with van der Waals surface area (Å²) >= 11 is 3.11. The maximum absolute atomic E-state index is 12.0. The molecule has 110 valence electrons. The van der Waals surface area contributed by atoms with Crippen molar-refractivity contribution in [2.45, 2.75) is 6.54 Å². The van der Waals surface area contributed by atoms with Crippen LogP contribution in [-0.4, -0.2) is 17.2 Å². The predicted molar refractivity (Wildman–Crippen MR) is 82.5 cm³/mol. The standard InChI is InChI=1S/C15H10BrN3O3/c16-12-5-11(15(22)19-13(12)8-20)14(21)18-7-10-3-1-9(6-17)2-4-10/h1-5,8H,7H2,(H,18,21)(H,19,22). The normalized spacial score (nSPS) is 9.82. The first-order chi connectivity index (χ1) is 10.5. The van der Waals surface area contributed by atoms with E-state index in [2.05, 4.69) is 26.2 Å². The van der Waals surface area contributed by atoms with E-state index in [0.717, 1.165) is 5.56 Å². The number of amides is 1. The number of pyridine rings is 1. The number of aromatic nitrogens is 1. The van der Waals surface area contributed by atoms with Crippen LogP contribution in [0.15, 0.2) is 39.6 Å². The molecular weight excluding hydrogens is 350 g/mol. The van der Waals surface area contributed by atoms with E-state index in [1.54, 1.807) is 24.3 Å². The van der Waals surface area contributed by atoms with E-state index in [-0.39, 0.29) is 17.8 Å². The summed E-state index contributed by atoms with van der Waals surface area (Å²) in [6.07, 6.45) is 0.490. The van der Waals surface area contributed by atoms with Crippen LogP contribution in [0.4, 0.5) is 0 Å². The van der Waals surface area contributed by atoms with Gasteiger partial charge in [-0.25, -0.2) is 0 Å². The van der Waals surface area contributed by atoms with Gasteiger partial charge in [0, 0.05) is 11.0 Å². The zero-order valence-electron chi connectivity index (χ0n) is 11.2. The molecule has 0 saturated heterocycles. The number of aromatic amines is 1. The van der Waals surface area contributed by atoms with Crippen LogP contribution in [-0.2, 0) is 6.54 Å². The summed E-state index contributed by atoms with van der Waals surface area (Å²) in [6, 6.07) is 10.0. The van der Waals surface area contributed by atoms with Gasteiger partial charge in [0.2, 0.25) is 0 Å². The predicted octanol–water partition coefficient (Wildman–Crippen LogP) is 1.75. The van der Waals surface area contributed by atoms with Crippen LogP contribution < -0.4 is 10.9 Å². The Morgan fingerprint density at radius 2 is 2.05 bits per heavy atom. The smallest absolute Gasteiger partial charge is 0.261 e. The lowest BCUT2D eigenvalue weighted by molar-refractivity contribution is 0.0948. The molecule has 1 heterocycles. The van der Waals surface area contributed by atoms with Crippen LogP contribution in [0.5, 0.6) is 0 Å². The lowest BCUT2D eigenvalue weighted by Crippen LogP contribution is -2.29. The molecule has 0 fully saturated rings. The van der Waals surface area contributed by atoms with Crippen LogP contribution in [0.25, 0.3) is 0 Å². The van der Waals surface area contributed by atoms with Crippen molar-refractivity contribution in [1.29, 1.82) is 5.26 Å². The molecule has 1 aromatic carbocycles. The lowest BCUT2D eigenvalue weighted by atomic mass is 10.1. The second-order valence-corrected chi connectivity index (χ2v) is 5.24. The summed E-state index contributed by atoms with van der Waals surface area (Å²) < 4.78 is 0.339. The number of nitriles is 1. The van der Waals surface area contributed by atoms with E-state index in [0.29, 0.717) is 16.3 Å². The molecule has 0 unspecified atom stereocenters. The molecule has 0 aliphatic carbocycles. The molecule has 1 amide bonds. The Hall–Kier alpha value is -2.72. The number of nitrogens with one attached hydrogen (secondary N) is 2. The number of hydrogen-bond donors (Lipinski definition) is 2. The Morgan fingerprint density at radius 3 is 2.64 bits per heavy atom. The number of rotatable bonds is 4. The zero-order chi connectivity index (χ0) is 16.1. The fourth-order valence-electron chi connectivity index (χ4n) is 1.75. The van der Waals surface area contributed by atoms with E-state index in [1.165, 1.54) is 6.07 Å². The Bertz CT molecular complexity index is 819. The molecule has 2 rings (SSSR count). The maximum Gasteiger partial charge on any atom is 0.261 e. The summed E-state index contributed by atoms with van der Waals surface area (Å²) in [5, 5.41) is 11.3. The molecule has 0 radical (unpaired) electrons. The van der Waals surface area contributed by atoms with Gasteiger partial charge in [0.1, 0.15) is 5.56 Å². The second kappa shape index (κ2) is 6.83. The van der Waals surface area contributed by atoms with E-state index < -0.39 is 11.5 Å². The number of nitrogens with zero attached hydrogens (tertiary/aromatic N) is 1.